The lowest BCUT2D eigenvalue weighted by Crippen LogP contribution is -2.52. The molecule has 0 rings (SSSR count). The van der Waals surface area contributed by atoms with Crippen molar-refractivity contribution in [2.45, 2.75) is 85.5 Å². The Hall–Kier alpha value is -2.58. The maximum atomic E-state index is 12.7. The van der Waals surface area contributed by atoms with Gasteiger partial charge in [-0.15, -0.1) is 0 Å². The minimum Gasteiger partial charge on any atom is -0.467 e. The zero-order valence-corrected chi connectivity index (χ0v) is 19.5. The van der Waals surface area contributed by atoms with E-state index in [1.165, 1.54) is 0 Å². The maximum Gasteiger partial charge on any atom is 0.420 e. The molecule has 0 aliphatic heterocycles. The molecule has 0 heterocycles. The Kier molecular flexibility index (Phi) is 10.6. The first-order chi connectivity index (χ1) is 13.6. The second-order valence-electron chi connectivity index (χ2n) is 8.55. The molecule has 0 N–H and O–H groups in total. The fraction of sp³-hybridized carbons (Fsp3) is 0.714. The van der Waals surface area contributed by atoms with Crippen LogP contribution in [0.3, 0.4) is 0 Å². The molecular formula is C21H35NO8. The van der Waals surface area contributed by atoms with Crippen molar-refractivity contribution < 1.29 is 38.1 Å². The highest BCUT2D eigenvalue weighted by atomic mass is 16.6. The van der Waals surface area contributed by atoms with Gasteiger partial charge in [0.15, 0.2) is 0 Å². The Morgan fingerprint density at radius 1 is 0.933 bits per heavy atom. The maximum absolute atomic E-state index is 12.7. The van der Waals surface area contributed by atoms with Gasteiger partial charge in [0.05, 0.1) is 13.7 Å². The molecule has 0 aliphatic rings. The molecule has 30 heavy (non-hydrogen) atoms. The minimum atomic E-state index is -1.30. The van der Waals surface area contributed by atoms with Crippen molar-refractivity contribution in [3.63, 3.8) is 0 Å². The Morgan fingerprint density at radius 2 is 1.40 bits per heavy atom. The van der Waals surface area contributed by atoms with E-state index in [-0.39, 0.29) is 19.4 Å². The number of methoxy groups -OCH3 is 1. The van der Waals surface area contributed by atoms with Crippen LogP contribution in [-0.4, -0.2) is 60.0 Å². The molecular weight excluding hydrogens is 394 g/mol. The lowest BCUT2D eigenvalue weighted by molar-refractivity contribution is -0.146. The smallest absolute Gasteiger partial charge is 0.420 e. The van der Waals surface area contributed by atoms with Gasteiger partial charge in [0, 0.05) is 5.57 Å². The number of carbonyl (C=O) groups is 4. The van der Waals surface area contributed by atoms with Crippen LogP contribution in [0.15, 0.2) is 11.6 Å². The van der Waals surface area contributed by atoms with E-state index in [0.29, 0.717) is 10.5 Å². The summed E-state index contributed by atoms with van der Waals surface area (Å²) in [5.74, 6) is -1.29. The van der Waals surface area contributed by atoms with E-state index in [4.69, 9.17) is 18.9 Å². The van der Waals surface area contributed by atoms with Gasteiger partial charge in [-0.2, -0.15) is 4.90 Å². The van der Waals surface area contributed by atoms with E-state index >= 15 is 0 Å². The lowest BCUT2D eigenvalue weighted by atomic mass is 10.1. The molecule has 0 bridgehead atoms. The molecule has 9 heteroatoms. The summed E-state index contributed by atoms with van der Waals surface area (Å²) >= 11 is 0. The Balaban J connectivity index is 5.80. The fourth-order valence-electron chi connectivity index (χ4n) is 2.23. The van der Waals surface area contributed by atoms with Crippen LogP contribution in [0.25, 0.3) is 0 Å². The molecule has 0 saturated carbocycles. The van der Waals surface area contributed by atoms with Crippen molar-refractivity contribution in [3.05, 3.63) is 11.6 Å². The first kappa shape index (κ1) is 27.4. The molecule has 0 radical (unpaired) electrons. The van der Waals surface area contributed by atoms with Crippen molar-refractivity contribution in [2.24, 2.45) is 0 Å². The number of imide groups is 1. The highest BCUT2D eigenvalue weighted by Crippen LogP contribution is 2.20. The molecule has 0 fully saturated rings. The topological polar surface area (TPSA) is 108 Å². The van der Waals surface area contributed by atoms with Crippen molar-refractivity contribution >= 4 is 24.1 Å². The third-order valence-corrected chi connectivity index (χ3v) is 3.45. The summed E-state index contributed by atoms with van der Waals surface area (Å²) in [6.45, 7) is 13.3. The number of amides is 2. The number of ether oxygens (including phenoxy) is 4. The highest BCUT2D eigenvalue weighted by Gasteiger charge is 2.40. The van der Waals surface area contributed by atoms with E-state index in [0.717, 1.165) is 7.11 Å². The van der Waals surface area contributed by atoms with Crippen LogP contribution in [0.2, 0.25) is 0 Å². The van der Waals surface area contributed by atoms with E-state index < -0.39 is 41.4 Å². The number of carbonyl (C=O) groups excluding carboxylic acids is 4. The standard InChI is InChI=1S/C21H35NO8/c1-10-28-16(23)14(2)12-11-13-15(17(24)27-9)22(18(25)29-20(3,4)5)19(26)30-21(6,7)8/h12,15H,10-11,13H2,1-9H3/b14-12+/t15-/m0/s1. The van der Waals surface area contributed by atoms with E-state index in [9.17, 15) is 19.2 Å². The largest absolute Gasteiger partial charge is 0.467 e. The molecule has 0 unspecified atom stereocenters. The van der Waals surface area contributed by atoms with Gasteiger partial charge in [0.25, 0.3) is 0 Å². The van der Waals surface area contributed by atoms with Crippen LogP contribution in [0.1, 0.15) is 68.2 Å². The minimum absolute atomic E-state index is 0.00189. The molecule has 0 aliphatic carbocycles. The van der Waals surface area contributed by atoms with Crippen LogP contribution in [0.4, 0.5) is 9.59 Å². The van der Waals surface area contributed by atoms with Crippen LogP contribution in [0.5, 0.6) is 0 Å². The predicted octanol–water partition coefficient (Wildman–Crippen LogP) is 3.99. The van der Waals surface area contributed by atoms with Gasteiger partial charge in [-0.3, -0.25) is 0 Å². The van der Waals surface area contributed by atoms with Gasteiger partial charge in [0.2, 0.25) is 0 Å². The Labute approximate surface area is 178 Å². The number of hydrogen-bond donors (Lipinski definition) is 0. The number of allylic oxidation sites excluding steroid dienone is 1. The van der Waals surface area contributed by atoms with Crippen LogP contribution < -0.4 is 0 Å². The number of nitrogens with zero attached hydrogens (tertiary/aromatic N) is 1. The second kappa shape index (κ2) is 11.6. The molecule has 0 spiro atoms. The molecule has 0 aromatic carbocycles. The molecule has 0 aromatic heterocycles. The van der Waals surface area contributed by atoms with Crippen molar-refractivity contribution in [1.82, 2.24) is 4.90 Å². The second-order valence-corrected chi connectivity index (χ2v) is 8.55. The summed E-state index contributed by atoms with van der Waals surface area (Å²) in [7, 11) is 1.15. The normalized spacial score (nSPS) is 13.2. The van der Waals surface area contributed by atoms with Crippen LogP contribution in [-0.2, 0) is 28.5 Å². The molecule has 9 nitrogen and oxygen atoms in total. The summed E-state index contributed by atoms with van der Waals surface area (Å²) in [6, 6.07) is -1.30. The molecule has 172 valence electrons. The number of esters is 2. The summed E-state index contributed by atoms with van der Waals surface area (Å²) in [5.41, 5.74) is -1.46. The van der Waals surface area contributed by atoms with Gasteiger partial charge < -0.3 is 18.9 Å². The monoisotopic (exact) mass is 429 g/mol. The van der Waals surface area contributed by atoms with Crippen molar-refractivity contribution in [1.29, 1.82) is 0 Å². The predicted molar refractivity (Wildman–Crippen MR) is 110 cm³/mol. The average Bonchev–Trinajstić information content (AvgIpc) is 2.56. The van der Waals surface area contributed by atoms with Gasteiger partial charge in [-0.05, 0) is 68.2 Å². The summed E-state index contributed by atoms with van der Waals surface area (Å²) in [5, 5.41) is 0. The zero-order valence-electron chi connectivity index (χ0n) is 19.5. The molecule has 1 atom stereocenters. The van der Waals surface area contributed by atoms with Crippen LogP contribution >= 0.6 is 0 Å². The third-order valence-electron chi connectivity index (χ3n) is 3.45. The SMILES string of the molecule is CCOC(=O)/C(C)=C/CC[C@@H](C(=O)OC)N(C(=O)OC(C)(C)C)C(=O)OC(C)(C)C. The van der Waals surface area contributed by atoms with Gasteiger partial charge in [-0.25, -0.2) is 19.2 Å². The number of rotatable bonds is 7. The third kappa shape index (κ3) is 10.3. The summed E-state index contributed by atoms with van der Waals surface area (Å²) < 4.78 is 20.3. The molecule has 0 saturated heterocycles. The number of hydrogen-bond acceptors (Lipinski definition) is 8. The lowest BCUT2D eigenvalue weighted by Gasteiger charge is -2.32. The Morgan fingerprint density at radius 3 is 1.77 bits per heavy atom. The average molecular weight is 430 g/mol. The summed E-state index contributed by atoms with van der Waals surface area (Å²) in [4.78, 5) is 50.3. The first-order valence-electron chi connectivity index (χ1n) is 9.79. The first-order valence-corrected chi connectivity index (χ1v) is 9.79. The van der Waals surface area contributed by atoms with Gasteiger partial charge in [0.1, 0.15) is 17.2 Å². The van der Waals surface area contributed by atoms with Gasteiger partial charge >= 0.3 is 24.1 Å². The highest BCUT2D eigenvalue weighted by molar-refractivity contribution is 5.94. The quantitative estimate of drug-likeness (QED) is 0.339. The Bertz CT molecular complexity index is 627. The zero-order chi connectivity index (χ0) is 23.7. The van der Waals surface area contributed by atoms with Gasteiger partial charge in [-0.1, -0.05) is 6.08 Å². The molecule has 0 aromatic rings. The van der Waals surface area contributed by atoms with Crippen molar-refractivity contribution in [3.8, 4) is 0 Å². The van der Waals surface area contributed by atoms with E-state index in [1.54, 1.807) is 61.5 Å². The fourth-order valence-corrected chi connectivity index (χ4v) is 2.23. The molecule has 2 amide bonds. The summed E-state index contributed by atoms with van der Waals surface area (Å²) in [6.07, 6.45) is -0.290. The van der Waals surface area contributed by atoms with E-state index in [1.807, 2.05) is 0 Å². The van der Waals surface area contributed by atoms with Crippen LogP contribution in [0, 0.1) is 0 Å². The van der Waals surface area contributed by atoms with Crippen molar-refractivity contribution in [2.75, 3.05) is 13.7 Å². The van der Waals surface area contributed by atoms with E-state index in [2.05, 4.69) is 0 Å².